The molecule has 0 unspecified atom stereocenters. The third-order valence-corrected chi connectivity index (χ3v) is 3.40. The van der Waals surface area contributed by atoms with E-state index in [0.29, 0.717) is 32.8 Å². The quantitative estimate of drug-likeness (QED) is 0.541. The molecule has 21 heavy (non-hydrogen) atoms. The monoisotopic (exact) mass is 299 g/mol. The van der Waals surface area contributed by atoms with Gasteiger partial charge in [-0.3, -0.25) is 4.79 Å². The number of hydrogen-bond acceptors (Lipinski definition) is 6. The Morgan fingerprint density at radius 1 is 1.24 bits per heavy atom. The van der Waals surface area contributed by atoms with Gasteiger partial charge in [0.2, 0.25) is 11.1 Å². The van der Waals surface area contributed by atoms with Crippen molar-refractivity contribution >= 4 is 33.7 Å². The number of aromatic nitrogens is 5. The van der Waals surface area contributed by atoms with E-state index >= 15 is 0 Å². The summed E-state index contributed by atoms with van der Waals surface area (Å²) in [6.07, 6.45) is 1.56. The highest BCUT2D eigenvalue weighted by molar-refractivity contribution is 6.35. The Labute approximate surface area is 121 Å². The molecule has 0 spiro atoms. The largest absolute Gasteiger partial charge is 0.436 e. The summed E-state index contributed by atoms with van der Waals surface area (Å²) in [6, 6.07) is 6.60. The number of aromatic amines is 1. The molecule has 1 N–H and O–H groups in total. The zero-order valence-electron chi connectivity index (χ0n) is 10.4. The number of pyridine rings is 1. The van der Waals surface area contributed by atoms with E-state index in [-0.39, 0.29) is 11.1 Å². The third kappa shape index (κ3) is 1.78. The van der Waals surface area contributed by atoms with E-state index in [0.717, 1.165) is 0 Å². The molecule has 8 heteroatoms. The van der Waals surface area contributed by atoms with Crippen LogP contribution in [0.4, 0.5) is 0 Å². The Kier molecular flexibility index (Phi) is 2.48. The van der Waals surface area contributed by atoms with Crippen LogP contribution in [0.15, 0.2) is 39.7 Å². The van der Waals surface area contributed by atoms with E-state index in [2.05, 4.69) is 25.6 Å². The van der Waals surface area contributed by atoms with E-state index in [9.17, 15) is 4.79 Å². The van der Waals surface area contributed by atoms with Gasteiger partial charge in [-0.2, -0.15) is 0 Å². The predicted octanol–water partition coefficient (Wildman–Crippen LogP) is 2.17. The number of fused-ring (bicyclic) bond motifs is 2. The SMILES string of the molecule is O=c1c2cccnc2oc2c(Cl)cc(-c3nnn[nH]3)cc12. The first-order chi connectivity index (χ1) is 10.2. The summed E-state index contributed by atoms with van der Waals surface area (Å²) < 4.78 is 5.63. The summed E-state index contributed by atoms with van der Waals surface area (Å²) in [4.78, 5) is 16.6. The fraction of sp³-hybridized carbons (Fsp3) is 0. The van der Waals surface area contributed by atoms with E-state index in [1.165, 1.54) is 0 Å². The molecule has 0 saturated carbocycles. The van der Waals surface area contributed by atoms with Crippen molar-refractivity contribution < 1.29 is 4.42 Å². The zero-order chi connectivity index (χ0) is 14.4. The molecule has 4 aromatic rings. The Bertz CT molecular complexity index is 1030. The summed E-state index contributed by atoms with van der Waals surface area (Å²) >= 11 is 6.21. The Hall–Kier alpha value is -2.80. The highest BCUT2D eigenvalue weighted by atomic mass is 35.5. The molecule has 0 radical (unpaired) electrons. The van der Waals surface area contributed by atoms with Crippen molar-refractivity contribution in [1.29, 1.82) is 0 Å². The number of halogens is 1. The number of tetrazole rings is 1. The van der Waals surface area contributed by atoms with Crippen LogP contribution in [-0.2, 0) is 0 Å². The number of hydrogen-bond donors (Lipinski definition) is 1. The van der Waals surface area contributed by atoms with Gasteiger partial charge in [0.05, 0.1) is 15.8 Å². The van der Waals surface area contributed by atoms with Gasteiger partial charge in [-0.25, -0.2) is 10.1 Å². The molecule has 3 aromatic heterocycles. The van der Waals surface area contributed by atoms with E-state index in [1.54, 1.807) is 30.5 Å². The average molecular weight is 300 g/mol. The second kappa shape index (κ2) is 4.35. The molecule has 4 rings (SSSR count). The molecule has 1 aromatic carbocycles. The minimum atomic E-state index is -0.199. The highest BCUT2D eigenvalue weighted by Crippen LogP contribution is 2.29. The summed E-state index contributed by atoms with van der Waals surface area (Å²) in [5.41, 5.74) is 0.957. The third-order valence-electron chi connectivity index (χ3n) is 3.12. The summed E-state index contributed by atoms with van der Waals surface area (Å²) in [5, 5.41) is 14.5. The second-order valence-corrected chi connectivity index (χ2v) is 4.78. The number of benzene rings is 1. The first-order valence-electron chi connectivity index (χ1n) is 5.99. The molecule has 0 atom stereocenters. The number of H-pyrrole nitrogens is 1. The van der Waals surface area contributed by atoms with Crippen LogP contribution in [0.5, 0.6) is 0 Å². The molecule has 3 heterocycles. The van der Waals surface area contributed by atoms with Gasteiger partial charge in [-0.05, 0) is 34.7 Å². The van der Waals surface area contributed by atoms with Gasteiger partial charge in [0.25, 0.3) is 0 Å². The standard InChI is InChI=1S/C13H6ClN5O2/c14-9-5-6(12-16-18-19-17-12)4-8-10(20)7-2-1-3-15-13(7)21-11(8)9/h1-5H,(H,16,17,18,19). The van der Waals surface area contributed by atoms with Gasteiger partial charge in [0.15, 0.2) is 11.4 Å². The lowest BCUT2D eigenvalue weighted by Gasteiger charge is -2.04. The van der Waals surface area contributed by atoms with Crippen LogP contribution in [0.1, 0.15) is 0 Å². The molecule has 0 bridgehead atoms. The first kappa shape index (κ1) is 12.0. The molecule has 7 nitrogen and oxygen atoms in total. The number of nitrogens with one attached hydrogen (secondary N) is 1. The molecule has 0 saturated heterocycles. The van der Waals surface area contributed by atoms with Crippen LogP contribution in [0.25, 0.3) is 33.5 Å². The molecular weight excluding hydrogens is 294 g/mol. The van der Waals surface area contributed by atoms with Crippen molar-refractivity contribution in [3.05, 3.63) is 45.7 Å². The van der Waals surface area contributed by atoms with Crippen molar-refractivity contribution in [2.24, 2.45) is 0 Å². The second-order valence-electron chi connectivity index (χ2n) is 4.37. The molecule has 0 aliphatic carbocycles. The summed E-state index contributed by atoms with van der Waals surface area (Å²) in [6.45, 7) is 0. The van der Waals surface area contributed by atoms with E-state index in [1.807, 2.05) is 0 Å². The normalized spacial score (nSPS) is 11.3. The van der Waals surface area contributed by atoms with Crippen molar-refractivity contribution in [3.63, 3.8) is 0 Å². The topological polar surface area (TPSA) is 97.6 Å². The molecule has 0 aliphatic heterocycles. The molecular formula is C13H6ClN5O2. The Morgan fingerprint density at radius 3 is 2.95 bits per heavy atom. The van der Waals surface area contributed by atoms with Crippen molar-refractivity contribution in [1.82, 2.24) is 25.6 Å². The van der Waals surface area contributed by atoms with Gasteiger partial charge >= 0.3 is 0 Å². The van der Waals surface area contributed by atoms with Crippen LogP contribution in [-0.4, -0.2) is 25.6 Å². The van der Waals surface area contributed by atoms with Gasteiger partial charge in [-0.1, -0.05) is 11.6 Å². The van der Waals surface area contributed by atoms with Crippen LogP contribution in [0, 0.1) is 0 Å². The average Bonchev–Trinajstić information content (AvgIpc) is 3.03. The summed E-state index contributed by atoms with van der Waals surface area (Å²) in [5.74, 6) is 0.421. The van der Waals surface area contributed by atoms with Crippen LogP contribution >= 0.6 is 11.6 Å². The maximum absolute atomic E-state index is 12.5. The molecule has 0 aliphatic rings. The lowest BCUT2D eigenvalue weighted by molar-refractivity contribution is 0.645. The lowest BCUT2D eigenvalue weighted by Crippen LogP contribution is -2.03. The van der Waals surface area contributed by atoms with Crippen LogP contribution in [0.2, 0.25) is 5.02 Å². The first-order valence-corrected chi connectivity index (χ1v) is 6.37. The fourth-order valence-electron chi connectivity index (χ4n) is 2.17. The maximum Gasteiger partial charge on any atom is 0.230 e. The minimum absolute atomic E-state index is 0.199. The van der Waals surface area contributed by atoms with Gasteiger partial charge < -0.3 is 4.42 Å². The van der Waals surface area contributed by atoms with E-state index < -0.39 is 0 Å². The van der Waals surface area contributed by atoms with Gasteiger partial charge in [0, 0.05) is 11.8 Å². The minimum Gasteiger partial charge on any atom is -0.436 e. The predicted molar refractivity (Wildman–Crippen MR) is 76.0 cm³/mol. The Morgan fingerprint density at radius 2 is 2.14 bits per heavy atom. The smallest absolute Gasteiger partial charge is 0.230 e. The molecule has 0 amide bonds. The molecule has 102 valence electrons. The Balaban J connectivity index is 2.15. The number of nitrogens with zero attached hydrogens (tertiary/aromatic N) is 4. The van der Waals surface area contributed by atoms with Crippen LogP contribution < -0.4 is 5.43 Å². The fourth-order valence-corrected chi connectivity index (χ4v) is 2.43. The van der Waals surface area contributed by atoms with Crippen molar-refractivity contribution in [2.45, 2.75) is 0 Å². The van der Waals surface area contributed by atoms with Crippen LogP contribution in [0.3, 0.4) is 0 Å². The van der Waals surface area contributed by atoms with Crippen molar-refractivity contribution in [2.75, 3.05) is 0 Å². The zero-order valence-corrected chi connectivity index (χ0v) is 11.1. The maximum atomic E-state index is 12.5. The lowest BCUT2D eigenvalue weighted by atomic mass is 10.1. The van der Waals surface area contributed by atoms with E-state index in [4.69, 9.17) is 16.0 Å². The van der Waals surface area contributed by atoms with Crippen molar-refractivity contribution in [3.8, 4) is 11.4 Å². The number of rotatable bonds is 1. The molecule has 0 fully saturated rings. The summed E-state index contributed by atoms with van der Waals surface area (Å²) in [7, 11) is 0. The highest BCUT2D eigenvalue weighted by Gasteiger charge is 2.14. The van der Waals surface area contributed by atoms with Gasteiger partial charge in [-0.15, -0.1) is 5.10 Å². The van der Waals surface area contributed by atoms with Gasteiger partial charge in [0.1, 0.15) is 0 Å².